The molecule has 1 aromatic carbocycles. The van der Waals surface area contributed by atoms with Crippen molar-refractivity contribution in [3.05, 3.63) is 34.1 Å². The Labute approximate surface area is 86.0 Å². The molecule has 0 fully saturated rings. The van der Waals surface area contributed by atoms with Crippen LogP contribution in [0.2, 0.25) is 5.02 Å². The SMILES string of the molecule is O/N=C1\CCCc2c(F)cc(Cl)cc21. The molecule has 14 heavy (non-hydrogen) atoms. The molecule has 0 saturated carbocycles. The lowest BCUT2D eigenvalue weighted by Gasteiger charge is -2.17. The first kappa shape index (κ1) is 9.46. The van der Waals surface area contributed by atoms with Crippen LogP contribution in [0.1, 0.15) is 24.0 Å². The van der Waals surface area contributed by atoms with E-state index < -0.39 is 0 Å². The van der Waals surface area contributed by atoms with Crippen LogP contribution in [0.3, 0.4) is 0 Å². The highest BCUT2D eigenvalue weighted by Crippen LogP contribution is 2.27. The van der Waals surface area contributed by atoms with E-state index in [2.05, 4.69) is 5.16 Å². The average molecular weight is 214 g/mol. The topological polar surface area (TPSA) is 32.6 Å². The monoisotopic (exact) mass is 213 g/mol. The van der Waals surface area contributed by atoms with Gasteiger partial charge in [0.15, 0.2) is 0 Å². The van der Waals surface area contributed by atoms with Crippen molar-refractivity contribution < 1.29 is 9.60 Å². The van der Waals surface area contributed by atoms with Gasteiger partial charge < -0.3 is 5.21 Å². The van der Waals surface area contributed by atoms with Gasteiger partial charge in [-0.15, -0.1) is 0 Å². The van der Waals surface area contributed by atoms with Crippen LogP contribution < -0.4 is 0 Å². The standard InChI is InChI=1S/C10H9ClFNO/c11-6-4-8-7(9(12)5-6)2-1-3-10(8)13-14/h4-5,14H,1-3H2/b13-10+. The summed E-state index contributed by atoms with van der Waals surface area (Å²) in [6.45, 7) is 0. The second kappa shape index (κ2) is 3.58. The number of oxime groups is 1. The van der Waals surface area contributed by atoms with Gasteiger partial charge in [-0.1, -0.05) is 16.8 Å². The number of hydrogen-bond acceptors (Lipinski definition) is 2. The quantitative estimate of drug-likeness (QED) is 0.522. The molecule has 0 heterocycles. The smallest absolute Gasteiger partial charge is 0.128 e. The van der Waals surface area contributed by atoms with E-state index in [1.165, 1.54) is 6.07 Å². The molecule has 0 radical (unpaired) electrons. The number of rotatable bonds is 0. The fraction of sp³-hybridized carbons (Fsp3) is 0.300. The lowest BCUT2D eigenvalue weighted by Crippen LogP contribution is -2.13. The van der Waals surface area contributed by atoms with Crippen molar-refractivity contribution >= 4 is 17.3 Å². The van der Waals surface area contributed by atoms with E-state index in [0.717, 1.165) is 6.42 Å². The maximum absolute atomic E-state index is 13.4. The van der Waals surface area contributed by atoms with Gasteiger partial charge in [0.1, 0.15) is 5.82 Å². The molecule has 2 rings (SSSR count). The molecule has 0 saturated heterocycles. The van der Waals surface area contributed by atoms with Gasteiger partial charge in [0, 0.05) is 10.6 Å². The lowest BCUT2D eigenvalue weighted by atomic mass is 9.90. The first-order valence-corrected chi connectivity index (χ1v) is 4.79. The van der Waals surface area contributed by atoms with Crippen molar-refractivity contribution in [2.75, 3.05) is 0 Å². The number of nitrogens with zero attached hydrogens (tertiary/aromatic N) is 1. The Hall–Kier alpha value is -1.09. The third-order valence-corrected chi connectivity index (χ3v) is 2.65. The minimum absolute atomic E-state index is 0.312. The molecule has 0 amide bonds. The minimum Gasteiger partial charge on any atom is -0.411 e. The molecule has 1 aromatic rings. The second-order valence-corrected chi connectivity index (χ2v) is 3.75. The highest BCUT2D eigenvalue weighted by atomic mass is 35.5. The molecule has 0 aliphatic heterocycles. The first-order valence-electron chi connectivity index (χ1n) is 4.41. The van der Waals surface area contributed by atoms with Crippen molar-refractivity contribution in [3.8, 4) is 0 Å². The predicted molar refractivity (Wildman–Crippen MR) is 52.7 cm³/mol. The molecule has 2 nitrogen and oxygen atoms in total. The number of hydrogen-bond donors (Lipinski definition) is 1. The largest absolute Gasteiger partial charge is 0.411 e. The zero-order valence-corrected chi connectivity index (χ0v) is 8.18. The van der Waals surface area contributed by atoms with Crippen LogP contribution in [0, 0.1) is 5.82 Å². The Morgan fingerprint density at radius 1 is 1.36 bits per heavy atom. The highest BCUT2D eigenvalue weighted by Gasteiger charge is 2.19. The maximum Gasteiger partial charge on any atom is 0.128 e. The first-order chi connectivity index (χ1) is 6.72. The molecular weight excluding hydrogens is 205 g/mol. The molecular formula is C10H9ClFNO. The van der Waals surface area contributed by atoms with E-state index in [0.29, 0.717) is 34.7 Å². The van der Waals surface area contributed by atoms with Crippen molar-refractivity contribution in [2.24, 2.45) is 5.16 Å². The lowest BCUT2D eigenvalue weighted by molar-refractivity contribution is 0.317. The van der Waals surface area contributed by atoms with Crippen LogP contribution in [0.25, 0.3) is 0 Å². The van der Waals surface area contributed by atoms with Crippen molar-refractivity contribution in [3.63, 3.8) is 0 Å². The van der Waals surface area contributed by atoms with Gasteiger partial charge in [-0.05, 0) is 37.0 Å². The van der Waals surface area contributed by atoms with Crippen LogP contribution in [0.4, 0.5) is 4.39 Å². The molecule has 0 spiro atoms. The van der Waals surface area contributed by atoms with Gasteiger partial charge >= 0.3 is 0 Å². The number of halogens is 2. The third kappa shape index (κ3) is 1.48. The summed E-state index contributed by atoms with van der Waals surface area (Å²) in [6.07, 6.45) is 2.16. The molecule has 1 aliphatic rings. The fourth-order valence-electron chi connectivity index (χ4n) is 1.79. The van der Waals surface area contributed by atoms with Gasteiger partial charge in [-0.2, -0.15) is 0 Å². The van der Waals surface area contributed by atoms with E-state index in [1.54, 1.807) is 6.07 Å². The molecule has 4 heteroatoms. The molecule has 0 bridgehead atoms. The summed E-state index contributed by atoms with van der Waals surface area (Å²) in [4.78, 5) is 0. The summed E-state index contributed by atoms with van der Waals surface area (Å²) in [6, 6.07) is 2.94. The summed E-state index contributed by atoms with van der Waals surface area (Å²) in [5.74, 6) is -0.312. The predicted octanol–water partition coefficient (Wildman–Crippen LogP) is 2.99. The fourth-order valence-corrected chi connectivity index (χ4v) is 1.99. The van der Waals surface area contributed by atoms with E-state index in [4.69, 9.17) is 16.8 Å². The second-order valence-electron chi connectivity index (χ2n) is 3.31. The molecule has 0 aromatic heterocycles. The summed E-state index contributed by atoms with van der Waals surface area (Å²) in [5.41, 5.74) is 1.77. The van der Waals surface area contributed by atoms with Crippen LogP contribution in [-0.4, -0.2) is 10.9 Å². The van der Waals surface area contributed by atoms with Crippen molar-refractivity contribution in [1.29, 1.82) is 0 Å². The van der Waals surface area contributed by atoms with Gasteiger partial charge in [0.2, 0.25) is 0 Å². The third-order valence-electron chi connectivity index (χ3n) is 2.43. The normalized spacial score (nSPS) is 18.3. The van der Waals surface area contributed by atoms with Crippen molar-refractivity contribution in [1.82, 2.24) is 0 Å². The van der Waals surface area contributed by atoms with E-state index >= 15 is 0 Å². The molecule has 0 atom stereocenters. The summed E-state index contributed by atoms with van der Waals surface area (Å²) >= 11 is 5.73. The van der Waals surface area contributed by atoms with Crippen molar-refractivity contribution in [2.45, 2.75) is 19.3 Å². The Bertz CT molecular complexity index is 403. The summed E-state index contributed by atoms with van der Waals surface area (Å²) in [5, 5.41) is 12.2. The average Bonchev–Trinajstić information content (AvgIpc) is 2.17. The Morgan fingerprint density at radius 2 is 2.14 bits per heavy atom. The van der Waals surface area contributed by atoms with Crippen LogP contribution in [0.15, 0.2) is 17.3 Å². The number of fused-ring (bicyclic) bond motifs is 1. The van der Waals surface area contributed by atoms with Gasteiger partial charge in [0.25, 0.3) is 0 Å². The molecule has 74 valence electrons. The van der Waals surface area contributed by atoms with Gasteiger partial charge in [-0.3, -0.25) is 0 Å². The van der Waals surface area contributed by atoms with E-state index in [1.807, 2.05) is 0 Å². The number of benzene rings is 1. The summed E-state index contributed by atoms with van der Waals surface area (Å²) in [7, 11) is 0. The summed E-state index contributed by atoms with van der Waals surface area (Å²) < 4.78 is 13.4. The molecule has 0 unspecified atom stereocenters. The Balaban J connectivity index is 2.62. The van der Waals surface area contributed by atoms with E-state index in [-0.39, 0.29) is 5.82 Å². The van der Waals surface area contributed by atoms with Gasteiger partial charge in [0.05, 0.1) is 5.71 Å². The maximum atomic E-state index is 13.4. The Morgan fingerprint density at radius 3 is 2.86 bits per heavy atom. The highest BCUT2D eigenvalue weighted by molar-refractivity contribution is 6.31. The molecule has 1 N–H and O–H groups in total. The van der Waals surface area contributed by atoms with E-state index in [9.17, 15) is 4.39 Å². The zero-order valence-electron chi connectivity index (χ0n) is 7.43. The Kier molecular flexibility index (Phi) is 2.42. The zero-order chi connectivity index (χ0) is 10.1. The van der Waals surface area contributed by atoms with Crippen LogP contribution in [-0.2, 0) is 6.42 Å². The molecule has 1 aliphatic carbocycles. The van der Waals surface area contributed by atoms with Gasteiger partial charge in [-0.25, -0.2) is 4.39 Å². The van der Waals surface area contributed by atoms with Crippen LogP contribution >= 0.6 is 11.6 Å². The van der Waals surface area contributed by atoms with Crippen LogP contribution in [0.5, 0.6) is 0 Å². The minimum atomic E-state index is -0.312.